The van der Waals surface area contributed by atoms with E-state index >= 15 is 0 Å². The lowest BCUT2D eigenvalue weighted by atomic mass is 10.0. The van der Waals surface area contributed by atoms with Crippen molar-refractivity contribution in [1.82, 2.24) is 15.0 Å². The first-order valence-corrected chi connectivity index (χ1v) is 11.3. The molecule has 0 saturated carbocycles. The van der Waals surface area contributed by atoms with Gasteiger partial charge in [0.1, 0.15) is 29.4 Å². The molecule has 33 heavy (non-hydrogen) atoms. The lowest BCUT2D eigenvalue weighted by Crippen LogP contribution is -2.03. The summed E-state index contributed by atoms with van der Waals surface area (Å²) >= 11 is 0. The largest absolute Gasteiger partial charge is 0.493 e. The molecule has 0 atom stereocenters. The number of hydrogen-bond donors (Lipinski definition) is 0. The zero-order chi connectivity index (χ0) is 23.2. The normalized spacial score (nSPS) is 11.3. The van der Waals surface area contributed by atoms with Gasteiger partial charge in [-0.25, -0.2) is 4.79 Å². The van der Waals surface area contributed by atoms with Gasteiger partial charge in [0.2, 0.25) is 0 Å². The summed E-state index contributed by atoms with van der Waals surface area (Å²) in [5.41, 5.74) is 3.34. The molecule has 0 N–H and O–H groups in total. The summed E-state index contributed by atoms with van der Waals surface area (Å²) in [4.78, 5) is 11.4. The van der Waals surface area contributed by atoms with Gasteiger partial charge in [-0.3, -0.25) is 4.68 Å². The van der Waals surface area contributed by atoms with Crippen molar-refractivity contribution in [2.75, 3.05) is 6.61 Å². The smallest absolute Gasteiger partial charge is 0.336 e. The zero-order valence-corrected chi connectivity index (χ0v) is 19.3. The third-order valence-corrected chi connectivity index (χ3v) is 5.49. The number of aromatic nitrogens is 3. The zero-order valence-electron chi connectivity index (χ0n) is 19.3. The average molecular weight is 448 g/mol. The molecular weight excluding hydrogens is 418 g/mol. The molecule has 0 unspecified atom stereocenters. The van der Waals surface area contributed by atoms with E-state index in [1.54, 1.807) is 12.1 Å². The number of aryl methyl sites for hydroxylation is 2. The van der Waals surface area contributed by atoms with Crippen LogP contribution >= 0.6 is 0 Å². The molecule has 2 aromatic carbocycles. The molecule has 0 radical (unpaired) electrons. The Hall–Kier alpha value is -3.61. The predicted molar refractivity (Wildman–Crippen MR) is 127 cm³/mol. The number of nitrogens with zero attached hydrogens (tertiary/aromatic N) is 3. The second-order valence-electron chi connectivity index (χ2n) is 8.45. The van der Waals surface area contributed by atoms with Crippen LogP contribution in [0.15, 0.2) is 63.9 Å². The first-order chi connectivity index (χ1) is 16.0. The number of unbranched alkanes of at least 4 members (excludes halogenated alkanes) is 1. The van der Waals surface area contributed by atoms with Gasteiger partial charge in [-0.1, -0.05) is 31.2 Å². The molecule has 7 nitrogen and oxygen atoms in total. The van der Waals surface area contributed by atoms with Crippen LogP contribution in [0, 0.1) is 6.92 Å². The minimum absolute atomic E-state index is 0.364. The van der Waals surface area contributed by atoms with Crippen LogP contribution in [0.2, 0.25) is 0 Å². The van der Waals surface area contributed by atoms with Gasteiger partial charge in [0, 0.05) is 24.1 Å². The van der Waals surface area contributed by atoms with E-state index in [1.807, 2.05) is 29.9 Å². The summed E-state index contributed by atoms with van der Waals surface area (Å²) in [7, 11) is 0. The fourth-order valence-corrected chi connectivity index (χ4v) is 3.49. The highest BCUT2D eigenvalue weighted by Gasteiger charge is 2.07. The molecular formula is C26H29N3O4. The predicted octanol–water partition coefficient (Wildman–Crippen LogP) is 5.25. The summed E-state index contributed by atoms with van der Waals surface area (Å²) in [6.07, 6.45) is 3.69. The highest BCUT2D eigenvalue weighted by atomic mass is 16.5. The number of benzene rings is 2. The SMILES string of the molecule is Cc1ccc(C(C)C)cc1OCc1cn(CCCCOc2ccc3ccc(=O)oc3c2)nn1. The van der Waals surface area contributed by atoms with E-state index in [4.69, 9.17) is 13.9 Å². The molecule has 7 heteroatoms. The Morgan fingerprint density at radius 2 is 1.88 bits per heavy atom. The van der Waals surface area contributed by atoms with Crippen molar-refractivity contribution < 1.29 is 13.9 Å². The van der Waals surface area contributed by atoms with Crippen LogP contribution in [0.5, 0.6) is 11.5 Å². The van der Waals surface area contributed by atoms with Crippen molar-refractivity contribution in [3.05, 3.63) is 82.0 Å². The summed E-state index contributed by atoms with van der Waals surface area (Å²) < 4.78 is 18.8. The Bertz CT molecular complexity index is 1280. The molecule has 0 aliphatic rings. The van der Waals surface area contributed by atoms with Crippen molar-refractivity contribution in [3.8, 4) is 11.5 Å². The highest BCUT2D eigenvalue weighted by Crippen LogP contribution is 2.25. The molecule has 0 aliphatic carbocycles. The quantitative estimate of drug-likeness (QED) is 0.244. The summed E-state index contributed by atoms with van der Waals surface area (Å²) in [5.74, 6) is 2.04. The Morgan fingerprint density at radius 3 is 2.73 bits per heavy atom. The monoisotopic (exact) mass is 447 g/mol. The van der Waals surface area contributed by atoms with Gasteiger partial charge in [0.25, 0.3) is 0 Å². The highest BCUT2D eigenvalue weighted by molar-refractivity contribution is 5.77. The average Bonchev–Trinajstić information content (AvgIpc) is 3.25. The molecule has 0 bridgehead atoms. The standard InChI is InChI=1S/C26H29N3O4/c1-18(2)21-7-6-19(3)24(14-21)32-17-22-16-29(28-27-22)12-4-5-13-31-23-10-8-20-9-11-26(30)33-25(20)15-23/h6-11,14-16,18H,4-5,12-13,17H2,1-3H3. The number of fused-ring (bicyclic) bond motifs is 1. The topological polar surface area (TPSA) is 79.4 Å². The van der Waals surface area contributed by atoms with E-state index in [0.29, 0.717) is 30.5 Å². The fraction of sp³-hybridized carbons (Fsp3) is 0.346. The lowest BCUT2D eigenvalue weighted by molar-refractivity contribution is 0.298. The third-order valence-electron chi connectivity index (χ3n) is 5.49. The molecule has 4 aromatic rings. The second-order valence-corrected chi connectivity index (χ2v) is 8.45. The minimum atomic E-state index is -0.364. The maximum atomic E-state index is 11.4. The van der Waals surface area contributed by atoms with Crippen LogP contribution in [0.3, 0.4) is 0 Å². The molecule has 172 valence electrons. The van der Waals surface area contributed by atoms with Gasteiger partial charge in [0.05, 0.1) is 12.8 Å². The molecule has 2 heterocycles. The summed E-state index contributed by atoms with van der Waals surface area (Å²) in [6, 6.07) is 15.0. The van der Waals surface area contributed by atoms with E-state index < -0.39 is 0 Å². The molecule has 0 spiro atoms. The van der Waals surface area contributed by atoms with Crippen LogP contribution in [0.1, 0.15) is 49.4 Å². The van der Waals surface area contributed by atoms with Crippen molar-refractivity contribution in [2.24, 2.45) is 0 Å². The van der Waals surface area contributed by atoms with Crippen LogP contribution in [0.25, 0.3) is 11.0 Å². The van der Waals surface area contributed by atoms with Crippen LogP contribution in [-0.2, 0) is 13.2 Å². The molecule has 0 saturated heterocycles. The van der Waals surface area contributed by atoms with Crippen LogP contribution < -0.4 is 15.1 Å². The van der Waals surface area contributed by atoms with Crippen molar-refractivity contribution in [1.29, 1.82) is 0 Å². The van der Waals surface area contributed by atoms with Crippen LogP contribution in [0.4, 0.5) is 0 Å². The number of rotatable bonds is 10. The van der Waals surface area contributed by atoms with Gasteiger partial charge in [-0.2, -0.15) is 0 Å². The van der Waals surface area contributed by atoms with E-state index in [-0.39, 0.29) is 5.63 Å². The van der Waals surface area contributed by atoms with E-state index in [2.05, 4.69) is 42.4 Å². The molecule has 0 fully saturated rings. The number of hydrogen-bond acceptors (Lipinski definition) is 6. The van der Waals surface area contributed by atoms with Gasteiger partial charge in [-0.05, 0) is 61.1 Å². The Balaban J connectivity index is 1.21. The van der Waals surface area contributed by atoms with Crippen molar-refractivity contribution in [3.63, 3.8) is 0 Å². The Morgan fingerprint density at radius 1 is 1.03 bits per heavy atom. The van der Waals surface area contributed by atoms with E-state index in [0.717, 1.165) is 41.8 Å². The van der Waals surface area contributed by atoms with Gasteiger partial charge < -0.3 is 13.9 Å². The lowest BCUT2D eigenvalue weighted by Gasteiger charge is -2.11. The first kappa shape index (κ1) is 22.6. The Kier molecular flexibility index (Phi) is 7.07. The first-order valence-electron chi connectivity index (χ1n) is 11.3. The number of ether oxygens (including phenoxy) is 2. The van der Waals surface area contributed by atoms with Gasteiger partial charge >= 0.3 is 5.63 Å². The van der Waals surface area contributed by atoms with E-state index in [9.17, 15) is 4.79 Å². The van der Waals surface area contributed by atoms with Crippen molar-refractivity contribution in [2.45, 2.75) is 52.7 Å². The van der Waals surface area contributed by atoms with Gasteiger partial charge in [-0.15, -0.1) is 5.10 Å². The maximum Gasteiger partial charge on any atom is 0.336 e. The van der Waals surface area contributed by atoms with E-state index in [1.165, 1.54) is 11.6 Å². The maximum absolute atomic E-state index is 11.4. The minimum Gasteiger partial charge on any atom is -0.493 e. The van der Waals surface area contributed by atoms with Crippen LogP contribution in [-0.4, -0.2) is 21.6 Å². The van der Waals surface area contributed by atoms with Crippen molar-refractivity contribution >= 4 is 11.0 Å². The third kappa shape index (κ3) is 6.00. The summed E-state index contributed by atoms with van der Waals surface area (Å²) in [5, 5.41) is 9.29. The molecule has 2 aromatic heterocycles. The molecule has 0 aliphatic heterocycles. The summed E-state index contributed by atoms with van der Waals surface area (Å²) in [6.45, 7) is 8.11. The second kappa shape index (κ2) is 10.3. The molecule has 4 rings (SSSR count). The van der Waals surface area contributed by atoms with Gasteiger partial charge in [0.15, 0.2) is 0 Å². The fourth-order valence-electron chi connectivity index (χ4n) is 3.49. The Labute approximate surface area is 193 Å². The molecule has 0 amide bonds.